The quantitative estimate of drug-likeness (QED) is 0.833. The lowest BCUT2D eigenvalue weighted by molar-refractivity contribution is 0.0946. The topological polar surface area (TPSA) is 38.3 Å². The van der Waals surface area contributed by atoms with E-state index in [4.69, 9.17) is 4.74 Å². The summed E-state index contributed by atoms with van der Waals surface area (Å²) >= 11 is 3.13. The highest BCUT2D eigenvalue weighted by atomic mass is 79.9. The first-order valence-electron chi connectivity index (χ1n) is 6.18. The highest BCUT2D eigenvalue weighted by Crippen LogP contribution is 2.17. The van der Waals surface area contributed by atoms with E-state index in [1.165, 1.54) is 42.5 Å². The second-order valence-electron chi connectivity index (χ2n) is 4.18. The van der Waals surface area contributed by atoms with Crippen LogP contribution in [0.4, 0.5) is 8.78 Å². The summed E-state index contributed by atoms with van der Waals surface area (Å²) in [5.41, 5.74) is 0.346. The van der Waals surface area contributed by atoms with Crippen LogP contribution in [0.25, 0.3) is 0 Å². The van der Waals surface area contributed by atoms with Crippen LogP contribution >= 0.6 is 15.9 Å². The molecule has 0 heterocycles. The molecule has 0 aliphatic rings. The fraction of sp³-hybridized carbons (Fsp3) is 0.133. The van der Waals surface area contributed by atoms with Gasteiger partial charge in [0.2, 0.25) is 0 Å². The first kappa shape index (κ1) is 15.4. The molecule has 0 atom stereocenters. The molecule has 0 spiro atoms. The minimum Gasteiger partial charge on any atom is -0.492 e. The third-order valence-electron chi connectivity index (χ3n) is 2.65. The van der Waals surface area contributed by atoms with Crippen molar-refractivity contribution in [2.45, 2.75) is 0 Å². The Kier molecular flexibility index (Phi) is 5.27. The number of amides is 1. The molecule has 0 radical (unpaired) electrons. The predicted molar refractivity (Wildman–Crippen MR) is 78.3 cm³/mol. The average molecular weight is 356 g/mol. The van der Waals surface area contributed by atoms with Gasteiger partial charge in [-0.05, 0) is 58.4 Å². The van der Waals surface area contributed by atoms with Crippen LogP contribution in [0, 0.1) is 11.6 Å². The van der Waals surface area contributed by atoms with Gasteiger partial charge in [-0.2, -0.15) is 0 Å². The van der Waals surface area contributed by atoms with Gasteiger partial charge in [-0.15, -0.1) is 0 Å². The van der Waals surface area contributed by atoms with Gasteiger partial charge in [0, 0.05) is 4.47 Å². The molecule has 0 saturated carbocycles. The summed E-state index contributed by atoms with van der Waals surface area (Å²) in [5.74, 6) is -0.562. The molecule has 2 aromatic carbocycles. The van der Waals surface area contributed by atoms with Crippen molar-refractivity contribution < 1.29 is 18.3 Å². The zero-order valence-corrected chi connectivity index (χ0v) is 12.5. The van der Waals surface area contributed by atoms with Gasteiger partial charge in [0.15, 0.2) is 0 Å². The molecule has 1 amide bonds. The van der Waals surface area contributed by atoms with Crippen LogP contribution in [0.15, 0.2) is 46.9 Å². The van der Waals surface area contributed by atoms with Crippen LogP contribution in [0.5, 0.6) is 5.75 Å². The number of carbonyl (C=O) groups excluding carboxylic acids is 1. The van der Waals surface area contributed by atoms with Crippen LogP contribution in [0.2, 0.25) is 0 Å². The zero-order valence-electron chi connectivity index (χ0n) is 10.9. The molecule has 0 fully saturated rings. The normalized spacial score (nSPS) is 10.2. The predicted octanol–water partition coefficient (Wildman–Crippen LogP) is 3.54. The molecule has 2 rings (SSSR count). The smallest absolute Gasteiger partial charge is 0.252 e. The summed E-state index contributed by atoms with van der Waals surface area (Å²) in [6.07, 6.45) is 0. The first-order valence-corrected chi connectivity index (χ1v) is 6.97. The van der Waals surface area contributed by atoms with Crippen molar-refractivity contribution in [3.63, 3.8) is 0 Å². The third-order valence-corrected chi connectivity index (χ3v) is 3.30. The largest absolute Gasteiger partial charge is 0.492 e. The van der Waals surface area contributed by atoms with Gasteiger partial charge >= 0.3 is 0 Å². The fourth-order valence-electron chi connectivity index (χ4n) is 1.63. The number of halogens is 3. The second kappa shape index (κ2) is 7.17. The highest BCUT2D eigenvalue weighted by Gasteiger charge is 2.10. The Bertz CT molecular complexity index is 632. The van der Waals surface area contributed by atoms with E-state index in [0.717, 1.165) is 0 Å². The molecular formula is C15H12BrF2NO2. The van der Waals surface area contributed by atoms with Gasteiger partial charge in [-0.25, -0.2) is 8.78 Å². The average Bonchev–Trinajstić information content (AvgIpc) is 2.45. The monoisotopic (exact) mass is 355 g/mol. The maximum Gasteiger partial charge on any atom is 0.252 e. The zero-order chi connectivity index (χ0) is 15.2. The highest BCUT2D eigenvalue weighted by molar-refractivity contribution is 9.10. The third kappa shape index (κ3) is 4.53. The van der Waals surface area contributed by atoms with E-state index < -0.39 is 5.82 Å². The standard InChI is InChI=1S/C15H12BrF2NO2/c16-14-9-11(18)3-6-13(14)15(20)19-7-8-21-12-4-1-10(17)2-5-12/h1-6,9H,7-8H2,(H,19,20). The van der Waals surface area contributed by atoms with Crippen LogP contribution in [-0.4, -0.2) is 19.1 Å². The molecule has 2 aromatic rings. The van der Waals surface area contributed by atoms with Gasteiger partial charge in [0.25, 0.3) is 5.91 Å². The van der Waals surface area contributed by atoms with Crippen molar-refractivity contribution in [1.29, 1.82) is 0 Å². The number of carbonyl (C=O) groups is 1. The van der Waals surface area contributed by atoms with Crippen molar-refractivity contribution in [1.82, 2.24) is 5.32 Å². The van der Waals surface area contributed by atoms with E-state index in [2.05, 4.69) is 21.2 Å². The molecule has 1 N–H and O–H groups in total. The van der Waals surface area contributed by atoms with E-state index in [0.29, 0.717) is 15.8 Å². The van der Waals surface area contributed by atoms with Gasteiger partial charge < -0.3 is 10.1 Å². The fourth-order valence-corrected chi connectivity index (χ4v) is 2.16. The Morgan fingerprint density at radius 1 is 1.10 bits per heavy atom. The summed E-state index contributed by atoms with van der Waals surface area (Å²) in [6.45, 7) is 0.524. The molecule has 0 aliphatic heterocycles. The van der Waals surface area contributed by atoms with Crippen molar-refractivity contribution >= 4 is 21.8 Å². The molecule has 0 saturated heterocycles. The Hall–Kier alpha value is -1.95. The summed E-state index contributed by atoms with van der Waals surface area (Å²) in [6, 6.07) is 9.45. The van der Waals surface area contributed by atoms with Crippen molar-refractivity contribution in [3.8, 4) is 5.75 Å². The molecule has 0 unspecified atom stereocenters. The summed E-state index contributed by atoms with van der Waals surface area (Å²) in [7, 11) is 0. The minimum absolute atomic E-state index is 0.246. The molecule has 6 heteroatoms. The van der Waals surface area contributed by atoms with Crippen LogP contribution in [0.1, 0.15) is 10.4 Å². The Labute approximate surface area is 129 Å². The molecule has 110 valence electrons. The van der Waals surface area contributed by atoms with Crippen LogP contribution in [-0.2, 0) is 0 Å². The molecule has 21 heavy (non-hydrogen) atoms. The summed E-state index contributed by atoms with van der Waals surface area (Å²) in [5, 5.41) is 2.65. The Morgan fingerprint density at radius 2 is 1.76 bits per heavy atom. The van der Waals surface area contributed by atoms with Gasteiger partial charge in [0.1, 0.15) is 24.0 Å². The van der Waals surface area contributed by atoms with Crippen molar-refractivity contribution in [2.75, 3.05) is 13.2 Å². The van der Waals surface area contributed by atoms with E-state index >= 15 is 0 Å². The van der Waals surface area contributed by atoms with Crippen molar-refractivity contribution in [2.24, 2.45) is 0 Å². The number of hydrogen-bond donors (Lipinski definition) is 1. The summed E-state index contributed by atoms with van der Waals surface area (Å²) in [4.78, 5) is 11.9. The van der Waals surface area contributed by atoms with E-state index in [9.17, 15) is 13.6 Å². The van der Waals surface area contributed by atoms with E-state index in [1.807, 2.05) is 0 Å². The molecule has 3 nitrogen and oxygen atoms in total. The maximum atomic E-state index is 12.9. The molecule has 0 aliphatic carbocycles. The number of ether oxygens (including phenoxy) is 1. The lowest BCUT2D eigenvalue weighted by Crippen LogP contribution is -2.28. The molecule has 0 bridgehead atoms. The SMILES string of the molecule is O=C(NCCOc1ccc(F)cc1)c1ccc(F)cc1Br. The Balaban J connectivity index is 1.80. The second-order valence-corrected chi connectivity index (χ2v) is 5.04. The summed E-state index contributed by atoms with van der Waals surface area (Å²) < 4.78 is 31.3. The lowest BCUT2D eigenvalue weighted by atomic mass is 10.2. The molecule has 0 aromatic heterocycles. The first-order chi connectivity index (χ1) is 10.1. The number of rotatable bonds is 5. The van der Waals surface area contributed by atoms with E-state index in [1.54, 1.807) is 0 Å². The van der Waals surface area contributed by atoms with Gasteiger partial charge in [-0.1, -0.05) is 0 Å². The number of hydrogen-bond acceptors (Lipinski definition) is 2. The Morgan fingerprint density at radius 3 is 2.43 bits per heavy atom. The maximum absolute atomic E-state index is 12.9. The van der Waals surface area contributed by atoms with Crippen molar-refractivity contribution in [3.05, 3.63) is 64.1 Å². The lowest BCUT2D eigenvalue weighted by Gasteiger charge is -2.08. The molecular weight excluding hydrogens is 344 g/mol. The number of nitrogens with one attached hydrogen (secondary N) is 1. The van der Waals surface area contributed by atoms with E-state index in [-0.39, 0.29) is 24.9 Å². The van der Waals surface area contributed by atoms with Gasteiger partial charge in [-0.3, -0.25) is 4.79 Å². The van der Waals surface area contributed by atoms with Crippen LogP contribution in [0.3, 0.4) is 0 Å². The van der Waals surface area contributed by atoms with Crippen LogP contribution < -0.4 is 10.1 Å². The minimum atomic E-state index is -0.418. The number of benzene rings is 2. The van der Waals surface area contributed by atoms with Gasteiger partial charge in [0.05, 0.1) is 12.1 Å².